The van der Waals surface area contributed by atoms with Gasteiger partial charge in [-0.15, -0.1) is 0 Å². The maximum Gasteiger partial charge on any atom is 0.165 e. The quantitative estimate of drug-likeness (QED) is 0.798. The number of nitrogens with zero attached hydrogens (tertiary/aromatic N) is 4. The van der Waals surface area contributed by atoms with Crippen molar-refractivity contribution in [3.63, 3.8) is 0 Å². The molecule has 1 aliphatic rings. The van der Waals surface area contributed by atoms with Gasteiger partial charge in [-0.05, 0) is 24.3 Å². The largest absolute Gasteiger partial charge is 0.354 e. The molecule has 6 heteroatoms. The minimum absolute atomic E-state index is 0.327. The minimum Gasteiger partial charge on any atom is -0.354 e. The van der Waals surface area contributed by atoms with Gasteiger partial charge in [-0.3, -0.25) is 4.98 Å². The van der Waals surface area contributed by atoms with Crippen LogP contribution in [-0.2, 0) is 0 Å². The van der Waals surface area contributed by atoms with E-state index in [0.717, 1.165) is 37.7 Å². The number of anilines is 1. The van der Waals surface area contributed by atoms with Gasteiger partial charge in [-0.25, -0.2) is 14.4 Å². The van der Waals surface area contributed by atoms with E-state index in [2.05, 4.69) is 25.2 Å². The summed E-state index contributed by atoms with van der Waals surface area (Å²) in [6.07, 6.45) is 1.73. The van der Waals surface area contributed by atoms with Crippen molar-refractivity contribution >= 4 is 5.82 Å². The Labute approximate surface area is 145 Å². The van der Waals surface area contributed by atoms with E-state index in [0.29, 0.717) is 17.1 Å². The molecule has 5 nitrogen and oxygen atoms in total. The van der Waals surface area contributed by atoms with Gasteiger partial charge in [0.2, 0.25) is 0 Å². The van der Waals surface area contributed by atoms with Crippen LogP contribution in [0, 0.1) is 5.82 Å². The molecule has 1 saturated heterocycles. The average Bonchev–Trinajstić information content (AvgIpc) is 2.69. The van der Waals surface area contributed by atoms with Crippen LogP contribution in [-0.4, -0.2) is 41.1 Å². The van der Waals surface area contributed by atoms with E-state index < -0.39 is 0 Å². The highest BCUT2D eigenvalue weighted by Crippen LogP contribution is 2.26. The smallest absolute Gasteiger partial charge is 0.165 e. The topological polar surface area (TPSA) is 53.9 Å². The number of hydrogen-bond donors (Lipinski definition) is 1. The molecular formula is C19H18FN5. The lowest BCUT2D eigenvalue weighted by Crippen LogP contribution is -2.44. The van der Waals surface area contributed by atoms with E-state index in [-0.39, 0.29) is 5.82 Å². The highest BCUT2D eigenvalue weighted by atomic mass is 19.1. The molecule has 0 atom stereocenters. The summed E-state index contributed by atoms with van der Waals surface area (Å²) in [6, 6.07) is 14.2. The molecular weight excluding hydrogens is 317 g/mol. The second-order valence-electron chi connectivity index (χ2n) is 5.87. The van der Waals surface area contributed by atoms with Gasteiger partial charge in [0, 0.05) is 38.4 Å². The van der Waals surface area contributed by atoms with Crippen LogP contribution in [0.5, 0.6) is 0 Å². The van der Waals surface area contributed by atoms with Crippen molar-refractivity contribution in [2.45, 2.75) is 0 Å². The van der Waals surface area contributed by atoms with Gasteiger partial charge in [0.25, 0.3) is 0 Å². The number of benzene rings is 1. The Morgan fingerprint density at radius 3 is 2.48 bits per heavy atom. The van der Waals surface area contributed by atoms with Gasteiger partial charge >= 0.3 is 0 Å². The fourth-order valence-electron chi connectivity index (χ4n) is 2.90. The first-order chi connectivity index (χ1) is 12.3. The van der Waals surface area contributed by atoms with Crippen LogP contribution < -0.4 is 10.2 Å². The van der Waals surface area contributed by atoms with Crippen LogP contribution in [0.15, 0.2) is 54.7 Å². The minimum atomic E-state index is -0.327. The normalized spacial score (nSPS) is 14.5. The third-order valence-electron chi connectivity index (χ3n) is 4.20. The van der Waals surface area contributed by atoms with Crippen LogP contribution in [0.4, 0.5) is 10.2 Å². The lowest BCUT2D eigenvalue weighted by atomic mass is 10.1. The van der Waals surface area contributed by atoms with E-state index in [1.165, 1.54) is 6.07 Å². The number of halogens is 1. The molecule has 1 aromatic carbocycles. The Morgan fingerprint density at radius 1 is 0.920 bits per heavy atom. The number of aromatic nitrogens is 3. The summed E-state index contributed by atoms with van der Waals surface area (Å²) in [5.74, 6) is 0.858. The molecule has 0 spiro atoms. The molecule has 126 valence electrons. The Bertz CT molecular complexity index is 863. The second kappa shape index (κ2) is 6.94. The lowest BCUT2D eigenvalue weighted by molar-refractivity contribution is 0.584. The molecule has 0 aliphatic carbocycles. The third kappa shape index (κ3) is 3.34. The number of pyridine rings is 1. The molecule has 3 heterocycles. The molecule has 0 bridgehead atoms. The maximum atomic E-state index is 14.3. The van der Waals surface area contributed by atoms with E-state index >= 15 is 0 Å². The standard InChI is InChI=1S/C19H18FN5/c20-15-6-2-1-5-14(15)19-23-17(16-7-3-4-8-22-16)13-18(24-19)25-11-9-21-10-12-25/h1-8,13,21H,9-12H2. The molecule has 25 heavy (non-hydrogen) atoms. The van der Waals surface area contributed by atoms with E-state index in [1.54, 1.807) is 24.4 Å². The fraction of sp³-hybridized carbons (Fsp3) is 0.211. The van der Waals surface area contributed by atoms with Gasteiger partial charge in [0.1, 0.15) is 11.6 Å². The van der Waals surface area contributed by atoms with Crippen molar-refractivity contribution in [2.24, 2.45) is 0 Å². The van der Waals surface area contributed by atoms with Crippen LogP contribution in [0.25, 0.3) is 22.8 Å². The van der Waals surface area contributed by atoms with Gasteiger partial charge < -0.3 is 10.2 Å². The summed E-state index contributed by atoms with van der Waals surface area (Å²) in [7, 11) is 0. The van der Waals surface area contributed by atoms with Crippen molar-refractivity contribution in [1.82, 2.24) is 20.3 Å². The van der Waals surface area contributed by atoms with E-state index in [4.69, 9.17) is 0 Å². The number of rotatable bonds is 3. The molecule has 1 fully saturated rings. The molecule has 0 saturated carbocycles. The average molecular weight is 335 g/mol. The fourth-order valence-corrected chi connectivity index (χ4v) is 2.90. The number of hydrogen-bond acceptors (Lipinski definition) is 5. The zero-order chi connectivity index (χ0) is 17.1. The summed E-state index contributed by atoms with van der Waals surface area (Å²) in [6.45, 7) is 3.51. The molecule has 0 amide bonds. The monoisotopic (exact) mass is 335 g/mol. The van der Waals surface area contributed by atoms with Gasteiger partial charge in [-0.2, -0.15) is 0 Å². The summed E-state index contributed by atoms with van der Waals surface area (Å²) in [5.41, 5.74) is 1.85. The summed E-state index contributed by atoms with van der Waals surface area (Å²) < 4.78 is 14.3. The third-order valence-corrected chi connectivity index (χ3v) is 4.20. The highest BCUT2D eigenvalue weighted by Gasteiger charge is 2.17. The van der Waals surface area contributed by atoms with Crippen molar-refractivity contribution in [2.75, 3.05) is 31.1 Å². The Kier molecular flexibility index (Phi) is 4.35. The lowest BCUT2D eigenvalue weighted by Gasteiger charge is -2.28. The van der Waals surface area contributed by atoms with Crippen molar-refractivity contribution in [3.8, 4) is 22.8 Å². The first kappa shape index (κ1) is 15.7. The zero-order valence-corrected chi connectivity index (χ0v) is 13.7. The Hall–Kier alpha value is -2.86. The number of piperazine rings is 1. The molecule has 3 aromatic rings. The van der Waals surface area contributed by atoms with Crippen LogP contribution >= 0.6 is 0 Å². The molecule has 2 aromatic heterocycles. The van der Waals surface area contributed by atoms with Crippen LogP contribution in [0.2, 0.25) is 0 Å². The molecule has 4 rings (SSSR count). The zero-order valence-electron chi connectivity index (χ0n) is 13.7. The van der Waals surface area contributed by atoms with Crippen molar-refractivity contribution in [1.29, 1.82) is 0 Å². The highest BCUT2D eigenvalue weighted by molar-refractivity contribution is 5.66. The summed E-state index contributed by atoms with van der Waals surface area (Å²) in [5, 5.41) is 3.33. The van der Waals surface area contributed by atoms with E-state index in [1.807, 2.05) is 24.3 Å². The van der Waals surface area contributed by atoms with Gasteiger partial charge in [0.05, 0.1) is 17.0 Å². The Morgan fingerprint density at radius 2 is 1.72 bits per heavy atom. The summed E-state index contributed by atoms with van der Waals surface area (Å²) >= 11 is 0. The molecule has 0 radical (unpaired) electrons. The van der Waals surface area contributed by atoms with Gasteiger partial charge in [0.15, 0.2) is 5.82 Å². The van der Waals surface area contributed by atoms with E-state index in [9.17, 15) is 4.39 Å². The van der Waals surface area contributed by atoms with Crippen molar-refractivity contribution in [3.05, 3.63) is 60.5 Å². The maximum absolute atomic E-state index is 14.3. The van der Waals surface area contributed by atoms with Crippen LogP contribution in [0.3, 0.4) is 0 Å². The summed E-state index contributed by atoms with van der Waals surface area (Å²) in [4.78, 5) is 15.8. The second-order valence-corrected chi connectivity index (χ2v) is 5.87. The Balaban J connectivity index is 1.84. The van der Waals surface area contributed by atoms with Gasteiger partial charge in [-0.1, -0.05) is 18.2 Å². The number of nitrogens with one attached hydrogen (secondary N) is 1. The first-order valence-electron chi connectivity index (χ1n) is 8.32. The van der Waals surface area contributed by atoms with Crippen molar-refractivity contribution < 1.29 is 4.39 Å². The SMILES string of the molecule is Fc1ccccc1-c1nc(-c2ccccn2)cc(N2CCNCC2)n1. The molecule has 0 unspecified atom stereocenters. The molecule has 1 N–H and O–H groups in total. The predicted molar refractivity (Wildman–Crippen MR) is 95.7 cm³/mol. The molecule has 1 aliphatic heterocycles. The first-order valence-corrected chi connectivity index (χ1v) is 8.32. The predicted octanol–water partition coefficient (Wildman–Crippen LogP) is 2.75. The van der Waals surface area contributed by atoms with Crippen LogP contribution in [0.1, 0.15) is 0 Å².